The Morgan fingerprint density at radius 1 is 1.53 bits per heavy atom. The predicted octanol–water partition coefficient (Wildman–Crippen LogP) is 0.0655. The SMILES string of the molecule is CC(N)C(=O)Nc1ccc(C(=O)O)nc1. The van der Waals surface area contributed by atoms with E-state index in [1.165, 1.54) is 18.3 Å². The second kappa shape index (κ2) is 4.52. The highest BCUT2D eigenvalue weighted by molar-refractivity contribution is 5.94. The molecule has 0 radical (unpaired) electrons. The summed E-state index contributed by atoms with van der Waals surface area (Å²) in [6.45, 7) is 1.55. The van der Waals surface area contributed by atoms with Crippen LogP contribution in [0, 0.1) is 0 Å². The lowest BCUT2D eigenvalue weighted by Crippen LogP contribution is -2.32. The summed E-state index contributed by atoms with van der Waals surface area (Å²) in [5.74, 6) is -1.46. The Kier molecular flexibility index (Phi) is 3.35. The molecule has 1 unspecified atom stereocenters. The van der Waals surface area contributed by atoms with Crippen molar-refractivity contribution in [1.82, 2.24) is 4.98 Å². The number of anilines is 1. The van der Waals surface area contributed by atoms with Crippen molar-refractivity contribution in [2.24, 2.45) is 5.73 Å². The Morgan fingerprint density at radius 2 is 2.20 bits per heavy atom. The van der Waals surface area contributed by atoms with Crippen LogP contribution < -0.4 is 11.1 Å². The van der Waals surface area contributed by atoms with Gasteiger partial charge in [0.25, 0.3) is 0 Å². The van der Waals surface area contributed by atoms with Gasteiger partial charge in [0.05, 0.1) is 17.9 Å². The number of aromatic carboxylic acids is 1. The summed E-state index contributed by atoms with van der Waals surface area (Å²) < 4.78 is 0. The number of hydrogen-bond acceptors (Lipinski definition) is 4. The average molecular weight is 209 g/mol. The Balaban J connectivity index is 2.73. The summed E-state index contributed by atoms with van der Waals surface area (Å²) in [7, 11) is 0. The molecule has 0 bridgehead atoms. The molecule has 6 nitrogen and oxygen atoms in total. The van der Waals surface area contributed by atoms with E-state index in [9.17, 15) is 9.59 Å². The maximum absolute atomic E-state index is 11.2. The first kappa shape index (κ1) is 11.1. The Bertz CT molecular complexity index is 373. The molecule has 1 atom stereocenters. The van der Waals surface area contributed by atoms with Gasteiger partial charge in [-0.15, -0.1) is 0 Å². The van der Waals surface area contributed by atoms with Crippen molar-refractivity contribution in [3.63, 3.8) is 0 Å². The Morgan fingerprint density at radius 3 is 2.60 bits per heavy atom. The largest absolute Gasteiger partial charge is 0.477 e. The molecule has 0 spiro atoms. The monoisotopic (exact) mass is 209 g/mol. The molecule has 0 aromatic carbocycles. The number of nitrogens with one attached hydrogen (secondary N) is 1. The van der Waals surface area contributed by atoms with Gasteiger partial charge in [0, 0.05) is 0 Å². The zero-order valence-corrected chi connectivity index (χ0v) is 8.10. The van der Waals surface area contributed by atoms with Gasteiger partial charge in [0.2, 0.25) is 5.91 Å². The van der Waals surface area contributed by atoms with Crippen molar-refractivity contribution in [1.29, 1.82) is 0 Å². The van der Waals surface area contributed by atoms with Gasteiger partial charge in [-0.05, 0) is 19.1 Å². The number of pyridine rings is 1. The predicted molar refractivity (Wildman–Crippen MR) is 53.5 cm³/mol. The van der Waals surface area contributed by atoms with E-state index in [0.29, 0.717) is 5.69 Å². The number of nitrogens with two attached hydrogens (primary N) is 1. The molecule has 1 heterocycles. The van der Waals surface area contributed by atoms with Crippen molar-refractivity contribution >= 4 is 17.6 Å². The van der Waals surface area contributed by atoms with Crippen molar-refractivity contribution in [3.05, 3.63) is 24.0 Å². The van der Waals surface area contributed by atoms with Crippen LogP contribution in [0.15, 0.2) is 18.3 Å². The van der Waals surface area contributed by atoms with Crippen LogP contribution in [0.4, 0.5) is 5.69 Å². The van der Waals surface area contributed by atoms with E-state index in [1.54, 1.807) is 6.92 Å². The second-order valence-electron chi connectivity index (χ2n) is 3.02. The van der Waals surface area contributed by atoms with Crippen LogP contribution in [0.25, 0.3) is 0 Å². The molecule has 0 aliphatic heterocycles. The number of amides is 1. The lowest BCUT2D eigenvalue weighted by Gasteiger charge is -2.06. The number of aromatic nitrogens is 1. The topological polar surface area (TPSA) is 105 Å². The van der Waals surface area contributed by atoms with Crippen molar-refractivity contribution in [2.45, 2.75) is 13.0 Å². The fourth-order valence-corrected chi connectivity index (χ4v) is 0.850. The van der Waals surface area contributed by atoms with Crippen LogP contribution in [0.3, 0.4) is 0 Å². The van der Waals surface area contributed by atoms with Crippen LogP contribution in [0.2, 0.25) is 0 Å². The molecule has 1 amide bonds. The molecule has 1 aromatic heterocycles. The number of hydrogen-bond donors (Lipinski definition) is 3. The van der Waals surface area contributed by atoms with Crippen molar-refractivity contribution in [2.75, 3.05) is 5.32 Å². The summed E-state index contributed by atoms with van der Waals surface area (Å²) in [6.07, 6.45) is 1.27. The summed E-state index contributed by atoms with van der Waals surface area (Å²) in [5.41, 5.74) is 5.68. The van der Waals surface area contributed by atoms with E-state index in [2.05, 4.69) is 10.3 Å². The third-order valence-electron chi connectivity index (χ3n) is 1.66. The molecule has 6 heteroatoms. The van der Waals surface area contributed by atoms with E-state index in [1.807, 2.05) is 0 Å². The van der Waals surface area contributed by atoms with Gasteiger partial charge in [-0.3, -0.25) is 4.79 Å². The van der Waals surface area contributed by atoms with Gasteiger partial charge in [0.1, 0.15) is 5.69 Å². The molecule has 15 heavy (non-hydrogen) atoms. The van der Waals surface area contributed by atoms with Gasteiger partial charge in [-0.2, -0.15) is 0 Å². The fourth-order valence-electron chi connectivity index (χ4n) is 0.850. The lowest BCUT2D eigenvalue weighted by molar-refractivity contribution is -0.117. The van der Waals surface area contributed by atoms with Crippen LogP contribution in [-0.4, -0.2) is 28.0 Å². The fraction of sp³-hybridized carbons (Fsp3) is 0.222. The van der Waals surface area contributed by atoms with E-state index in [0.717, 1.165) is 0 Å². The molecular formula is C9H11N3O3. The van der Waals surface area contributed by atoms with Crippen LogP contribution in [-0.2, 0) is 4.79 Å². The molecule has 0 aliphatic carbocycles. The highest BCUT2D eigenvalue weighted by Crippen LogP contribution is 2.06. The first-order valence-electron chi connectivity index (χ1n) is 4.26. The van der Waals surface area contributed by atoms with Gasteiger partial charge in [0.15, 0.2) is 0 Å². The van der Waals surface area contributed by atoms with Gasteiger partial charge < -0.3 is 16.2 Å². The summed E-state index contributed by atoms with van der Waals surface area (Å²) in [6, 6.07) is 2.14. The van der Waals surface area contributed by atoms with Crippen LogP contribution in [0.5, 0.6) is 0 Å². The summed E-state index contributed by atoms with van der Waals surface area (Å²) in [5, 5.41) is 11.1. The highest BCUT2D eigenvalue weighted by atomic mass is 16.4. The molecule has 80 valence electrons. The minimum Gasteiger partial charge on any atom is -0.477 e. The third-order valence-corrected chi connectivity index (χ3v) is 1.66. The summed E-state index contributed by atoms with van der Waals surface area (Å²) in [4.78, 5) is 25.3. The molecule has 0 fully saturated rings. The Labute approximate surface area is 86.1 Å². The molecule has 0 saturated carbocycles. The van der Waals surface area contributed by atoms with Crippen LogP contribution >= 0.6 is 0 Å². The van der Waals surface area contributed by atoms with E-state index in [-0.39, 0.29) is 11.6 Å². The van der Waals surface area contributed by atoms with Crippen molar-refractivity contribution in [3.8, 4) is 0 Å². The second-order valence-corrected chi connectivity index (χ2v) is 3.02. The minimum atomic E-state index is -1.11. The van der Waals surface area contributed by atoms with Crippen LogP contribution in [0.1, 0.15) is 17.4 Å². The van der Waals surface area contributed by atoms with E-state index < -0.39 is 12.0 Å². The first-order chi connectivity index (χ1) is 7.00. The highest BCUT2D eigenvalue weighted by Gasteiger charge is 2.08. The number of carboxylic acid groups (broad SMARTS) is 1. The number of carboxylic acids is 1. The molecular weight excluding hydrogens is 198 g/mol. The zero-order chi connectivity index (χ0) is 11.4. The molecule has 4 N–H and O–H groups in total. The molecule has 1 aromatic rings. The van der Waals surface area contributed by atoms with Gasteiger partial charge in [-0.1, -0.05) is 0 Å². The molecule has 0 saturated heterocycles. The minimum absolute atomic E-state index is 0.0752. The molecule has 0 aliphatic rings. The van der Waals surface area contributed by atoms with Gasteiger partial charge >= 0.3 is 5.97 Å². The Hall–Kier alpha value is -1.95. The van der Waals surface area contributed by atoms with E-state index >= 15 is 0 Å². The number of nitrogens with zero attached hydrogens (tertiary/aromatic N) is 1. The lowest BCUT2D eigenvalue weighted by atomic mass is 10.3. The molecule has 1 rings (SSSR count). The smallest absolute Gasteiger partial charge is 0.354 e. The number of rotatable bonds is 3. The standard InChI is InChI=1S/C9H11N3O3/c1-5(10)8(13)12-6-2-3-7(9(14)15)11-4-6/h2-5H,10H2,1H3,(H,12,13)(H,14,15). The maximum atomic E-state index is 11.2. The maximum Gasteiger partial charge on any atom is 0.354 e. The summed E-state index contributed by atoms with van der Waals surface area (Å²) >= 11 is 0. The first-order valence-corrected chi connectivity index (χ1v) is 4.26. The third kappa shape index (κ3) is 3.03. The normalized spacial score (nSPS) is 11.9. The zero-order valence-electron chi connectivity index (χ0n) is 8.10. The van der Waals surface area contributed by atoms with E-state index in [4.69, 9.17) is 10.8 Å². The number of carbonyl (C=O) groups is 2. The number of carbonyl (C=O) groups excluding carboxylic acids is 1. The average Bonchev–Trinajstić information content (AvgIpc) is 2.18. The quantitative estimate of drug-likeness (QED) is 0.653. The van der Waals surface area contributed by atoms with Gasteiger partial charge in [-0.25, -0.2) is 9.78 Å². The van der Waals surface area contributed by atoms with Crippen molar-refractivity contribution < 1.29 is 14.7 Å².